The van der Waals surface area contributed by atoms with Crippen LogP contribution in [0.5, 0.6) is 0 Å². The number of rotatable bonds is 5. The molecule has 2 aromatic rings. The van der Waals surface area contributed by atoms with Crippen LogP contribution in [-0.4, -0.2) is 15.8 Å². The van der Waals surface area contributed by atoms with Crippen LogP contribution in [0.25, 0.3) is 0 Å². The van der Waals surface area contributed by atoms with E-state index in [9.17, 15) is 0 Å². The zero-order valence-electron chi connectivity index (χ0n) is 10.9. The normalized spacial score (nSPS) is 15.2. The topological polar surface area (TPSA) is 29.9 Å². The van der Waals surface area contributed by atoms with Gasteiger partial charge in [-0.25, -0.2) is 0 Å². The van der Waals surface area contributed by atoms with E-state index in [0.717, 1.165) is 24.8 Å². The summed E-state index contributed by atoms with van der Waals surface area (Å²) in [5.41, 5.74) is 2.48. The quantitative estimate of drug-likeness (QED) is 0.897. The summed E-state index contributed by atoms with van der Waals surface area (Å²) in [4.78, 5) is 2.86. The van der Waals surface area contributed by atoms with Crippen molar-refractivity contribution in [2.75, 3.05) is 0 Å². The first-order valence-corrected chi connectivity index (χ1v) is 7.34. The predicted molar refractivity (Wildman–Crippen MR) is 75.0 cm³/mol. The fourth-order valence-electron chi connectivity index (χ4n) is 2.09. The first kappa shape index (κ1) is 11.9. The zero-order valence-corrected chi connectivity index (χ0v) is 11.8. The molecule has 2 heterocycles. The predicted octanol–water partition coefficient (Wildman–Crippen LogP) is 2.86. The molecular formula is C14H19N3S. The van der Waals surface area contributed by atoms with Crippen LogP contribution >= 0.6 is 11.3 Å². The maximum absolute atomic E-state index is 4.45. The minimum absolute atomic E-state index is 0.782. The summed E-state index contributed by atoms with van der Waals surface area (Å²) >= 11 is 1.91. The molecule has 3 rings (SSSR count). The van der Waals surface area contributed by atoms with Crippen molar-refractivity contribution in [1.82, 2.24) is 15.1 Å². The minimum atomic E-state index is 0.782. The van der Waals surface area contributed by atoms with Gasteiger partial charge in [0.25, 0.3) is 0 Å². The number of nitrogens with one attached hydrogen (secondary N) is 1. The van der Waals surface area contributed by atoms with Crippen molar-refractivity contribution in [2.24, 2.45) is 0 Å². The summed E-state index contributed by atoms with van der Waals surface area (Å²) < 4.78 is 2.02. The van der Waals surface area contributed by atoms with Crippen LogP contribution in [0.2, 0.25) is 0 Å². The Morgan fingerprint density at radius 3 is 2.94 bits per heavy atom. The molecule has 0 unspecified atom stereocenters. The summed E-state index contributed by atoms with van der Waals surface area (Å²) in [7, 11) is 0. The average Bonchev–Trinajstić information content (AvgIpc) is 2.99. The molecule has 3 nitrogen and oxygen atoms in total. The lowest BCUT2D eigenvalue weighted by Gasteiger charge is -2.00. The van der Waals surface area contributed by atoms with Gasteiger partial charge in [-0.1, -0.05) is 0 Å². The van der Waals surface area contributed by atoms with Gasteiger partial charge in [0.15, 0.2) is 0 Å². The number of nitrogens with zero attached hydrogens (tertiary/aromatic N) is 2. The van der Waals surface area contributed by atoms with Gasteiger partial charge < -0.3 is 5.32 Å². The molecule has 18 heavy (non-hydrogen) atoms. The first-order chi connectivity index (χ1) is 8.70. The summed E-state index contributed by atoms with van der Waals surface area (Å²) in [5, 5.41) is 8.02. The molecule has 1 saturated carbocycles. The maximum atomic E-state index is 4.45. The smallest absolute Gasteiger partial charge is 0.0670 e. The van der Waals surface area contributed by atoms with Crippen molar-refractivity contribution < 1.29 is 0 Å². The van der Waals surface area contributed by atoms with Crippen molar-refractivity contribution in [3.63, 3.8) is 0 Å². The van der Waals surface area contributed by atoms with E-state index in [4.69, 9.17) is 0 Å². The van der Waals surface area contributed by atoms with Gasteiger partial charge in [-0.2, -0.15) is 5.10 Å². The third-order valence-electron chi connectivity index (χ3n) is 3.32. The molecule has 0 aliphatic heterocycles. The molecule has 0 bridgehead atoms. The lowest BCUT2D eigenvalue weighted by atomic mass is 10.2. The molecular weight excluding hydrogens is 242 g/mol. The van der Waals surface area contributed by atoms with E-state index in [-0.39, 0.29) is 0 Å². The molecule has 0 saturated heterocycles. The van der Waals surface area contributed by atoms with E-state index in [0.29, 0.717) is 0 Å². The van der Waals surface area contributed by atoms with E-state index < -0.39 is 0 Å². The number of aryl methyl sites for hydroxylation is 2. The zero-order chi connectivity index (χ0) is 12.5. The SMILES string of the molecule is Cc1ccn(Cc2cc(CNC3CC3)sc2C)n1. The molecule has 2 aromatic heterocycles. The highest BCUT2D eigenvalue weighted by Crippen LogP contribution is 2.24. The second-order valence-corrected chi connectivity index (χ2v) is 6.44. The molecule has 0 amide bonds. The molecule has 96 valence electrons. The third-order valence-corrected chi connectivity index (χ3v) is 4.41. The number of hydrogen-bond donors (Lipinski definition) is 1. The standard InChI is InChI=1S/C14H19N3S/c1-10-5-6-17(16-10)9-12-7-14(18-11(12)2)8-15-13-3-4-13/h5-7,13,15H,3-4,8-9H2,1-2H3. The van der Waals surface area contributed by atoms with Crippen molar-refractivity contribution in [3.8, 4) is 0 Å². The maximum Gasteiger partial charge on any atom is 0.0670 e. The van der Waals surface area contributed by atoms with Crippen LogP contribution in [0.15, 0.2) is 18.3 Å². The van der Waals surface area contributed by atoms with E-state index >= 15 is 0 Å². The Morgan fingerprint density at radius 1 is 1.44 bits per heavy atom. The van der Waals surface area contributed by atoms with Gasteiger partial charge in [-0.05, 0) is 44.4 Å². The fraction of sp³-hybridized carbons (Fsp3) is 0.500. The Hall–Kier alpha value is -1.13. The van der Waals surface area contributed by atoms with E-state index in [1.54, 1.807) is 0 Å². The van der Waals surface area contributed by atoms with E-state index in [2.05, 4.69) is 35.7 Å². The Morgan fingerprint density at radius 2 is 2.28 bits per heavy atom. The summed E-state index contributed by atoms with van der Waals surface area (Å²) in [6.45, 7) is 6.15. The molecule has 1 aliphatic rings. The monoisotopic (exact) mass is 261 g/mol. The third kappa shape index (κ3) is 2.82. The van der Waals surface area contributed by atoms with Crippen LogP contribution in [-0.2, 0) is 13.1 Å². The highest BCUT2D eigenvalue weighted by Gasteiger charge is 2.20. The van der Waals surface area contributed by atoms with Crippen molar-refractivity contribution in [2.45, 2.75) is 45.8 Å². The summed E-state index contributed by atoms with van der Waals surface area (Å²) in [5.74, 6) is 0. The van der Waals surface area contributed by atoms with Gasteiger partial charge in [0.05, 0.1) is 12.2 Å². The van der Waals surface area contributed by atoms with Gasteiger partial charge in [-0.15, -0.1) is 11.3 Å². The van der Waals surface area contributed by atoms with Crippen LogP contribution in [0.3, 0.4) is 0 Å². The minimum Gasteiger partial charge on any atom is -0.309 e. The summed E-state index contributed by atoms with van der Waals surface area (Å²) in [6.07, 6.45) is 4.75. The van der Waals surface area contributed by atoms with Gasteiger partial charge in [0.2, 0.25) is 0 Å². The highest BCUT2D eigenvalue weighted by atomic mass is 32.1. The number of thiophene rings is 1. The second kappa shape index (κ2) is 4.86. The van der Waals surface area contributed by atoms with E-state index in [1.165, 1.54) is 28.2 Å². The van der Waals surface area contributed by atoms with Crippen molar-refractivity contribution in [3.05, 3.63) is 39.3 Å². The van der Waals surface area contributed by atoms with Gasteiger partial charge >= 0.3 is 0 Å². The molecule has 0 spiro atoms. The van der Waals surface area contributed by atoms with E-state index in [1.807, 2.05) is 22.9 Å². The average molecular weight is 261 g/mol. The lowest BCUT2D eigenvalue weighted by Crippen LogP contribution is -2.14. The molecule has 0 aromatic carbocycles. The Bertz CT molecular complexity index is 537. The van der Waals surface area contributed by atoms with Crippen LogP contribution in [0, 0.1) is 13.8 Å². The molecule has 0 radical (unpaired) electrons. The molecule has 1 fully saturated rings. The molecule has 4 heteroatoms. The first-order valence-electron chi connectivity index (χ1n) is 6.52. The van der Waals surface area contributed by atoms with Gasteiger partial charge in [-0.3, -0.25) is 4.68 Å². The molecule has 1 N–H and O–H groups in total. The van der Waals surface area contributed by atoms with Crippen molar-refractivity contribution in [1.29, 1.82) is 0 Å². The second-order valence-electron chi connectivity index (χ2n) is 5.10. The van der Waals surface area contributed by atoms with Crippen LogP contribution < -0.4 is 5.32 Å². The fourth-order valence-corrected chi connectivity index (χ4v) is 3.09. The highest BCUT2D eigenvalue weighted by molar-refractivity contribution is 7.12. The Labute approximate surface area is 112 Å². The van der Waals surface area contributed by atoms with Crippen molar-refractivity contribution >= 4 is 11.3 Å². The molecule has 1 aliphatic carbocycles. The number of hydrogen-bond acceptors (Lipinski definition) is 3. The lowest BCUT2D eigenvalue weighted by molar-refractivity contribution is 0.675. The summed E-state index contributed by atoms with van der Waals surface area (Å²) in [6, 6.07) is 5.16. The Balaban J connectivity index is 1.67. The molecule has 0 atom stereocenters. The van der Waals surface area contributed by atoms with Gasteiger partial charge in [0, 0.05) is 28.5 Å². The van der Waals surface area contributed by atoms with Crippen LogP contribution in [0.1, 0.15) is 33.9 Å². The Kier molecular flexibility index (Phi) is 3.22. The number of aromatic nitrogens is 2. The van der Waals surface area contributed by atoms with Gasteiger partial charge in [0.1, 0.15) is 0 Å². The largest absolute Gasteiger partial charge is 0.309 e. The van der Waals surface area contributed by atoms with Crippen LogP contribution in [0.4, 0.5) is 0 Å².